The van der Waals surface area contributed by atoms with Gasteiger partial charge in [-0.2, -0.15) is 0 Å². The molecule has 0 bridgehead atoms. The van der Waals surface area contributed by atoms with E-state index in [1.165, 1.54) is 5.56 Å². The topological polar surface area (TPSA) is 73.0 Å². The summed E-state index contributed by atoms with van der Waals surface area (Å²) in [6.45, 7) is 10.4. The molecular weight excluding hydrogens is 416 g/mol. The van der Waals surface area contributed by atoms with Gasteiger partial charge in [-0.3, -0.25) is 4.79 Å². The number of benzene rings is 2. The summed E-state index contributed by atoms with van der Waals surface area (Å²) in [6, 6.07) is 14.4. The lowest BCUT2D eigenvalue weighted by Gasteiger charge is -2.30. The molecule has 0 spiro atoms. The molecule has 6 nitrogen and oxygen atoms in total. The minimum Gasteiger partial charge on any atom is -0.480 e. The molecule has 33 heavy (non-hydrogen) atoms. The summed E-state index contributed by atoms with van der Waals surface area (Å²) >= 11 is 0. The zero-order valence-corrected chi connectivity index (χ0v) is 19.9. The normalized spacial score (nSPS) is 19.3. The van der Waals surface area contributed by atoms with Crippen molar-refractivity contribution < 1.29 is 18.8 Å². The van der Waals surface area contributed by atoms with E-state index in [4.69, 9.17) is 9.15 Å². The van der Waals surface area contributed by atoms with E-state index in [1.54, 1.807) is 18.7 Å². The van der Waals surface area contributed by atoms with Crippen LogP contribution in [0.25, 0.3) is 11.0 Å². The van der Waals surface area contributed by atoms with Crippen LogP contribution in [0.5, 0.6) is 5.75 Å². The lowest BCUT2D eigenvalue weighted by atomic mass is 10.0. The van der Waals surface area contributed by atoms with Gasteiger partial charge in [0.1, 0.15) is 17.9 Å². The van der Waals surface area contributed by atoms with Crippen LogP contribution in [0.15, 0.2) is 51.7 Å². The van der Waals surface area contributed by atoms with E-state index in [-0.39, 0.29) is 17.6 Å². The molecule has 1 aromatic heterocycles. The van der Waals surface area contributed by atoms with Crippen LogP contribution in [0.1, 0.15) is 42.0 Å². The predicted molar refractivity (Wildman–Crippen MR) is 129 cm³/mol. The average Bonchev–Trinajstić information content (AvgIpc) is 2.79. The third-order valence-corrected chi connectivity index (χ3v) is 6.67. The fourth-order valence-corrected chi connectivity index (χ4v) is 4.58. The Labute approximate surface area is 194 Å². The van der Waals surface area contributed by atoms with Gasteiger partial charge in [0, 0.05) is 30.0 Å². The number of piperidine rings is 1. The maximum Gasteiger partial charge on any atom is 0.339 e. The highest BCUT2D eigenvalue weighted by Gasteiger charge is 2.26. The molecule has 1 unspecified atom stereocenters. The molecule has 4 rings (SSSR count). The highest BCUT2D eigenvalue weighted by Crippen LogP contribution is 2.31. The van der Waals surface area contributed by atoms with Crippen LogP contribution < -0.4 is 20.6 Å². The standard InChI is InChI=1S/C27H32N2O4/c1-17-14-23(25-18(2)19(3)27(31)33-24(25)15-17)32-20(4)26(30)28-22-10-12-29(13-11-22)16-21-8-6-5-7-9-21/h5-9,14-15,20,22H,10-13,16H2,1-4H3,(H,28,30)/p+1. The summed E-state index contributed by atoms with van der Waals surface area (Å²) in [7, 11) is 0. The van der Waals surface area contributed by atoms with Crippen molar-refractivity contribution >= 4 is 16.9 Å². The maximum atomic E-state index is 12.9. The predicted octanol–water partition coefficient (Wildman–Crippen LogP) is 2.85. The molecule has 3 aromatic rings. The van der Waals surface area contributed by atoms with Crippen molar-refractivity contribution in [3.63, 3.8) is 0 Å². The first kappa shape index (κ1) is 23.1. The number of fused-ring (bicyclic) bond motifs is 1. The van der Waals surface area contributed by atoms with Crippen LogP contribution in [0, 0.1) is 20.8 Å². The fourth-order valence-electron chi connectivity index (χ4n) is 4.58. The van der Waals surface area contributed by atoms with E-state index in [0.29, 0.717) is 16.9 Å². The molecule has 6 heteroatoms. The zero-order chi connectivity index (χ0) is 23.5. The molecule has 1 saturated heterocycles. The minimum atomic E-state index is -0.656. The average molecular weight is 450 g/mol. The number of amides is 1. The second-order valence-electron chi connectivity index (χ2n) is 9.23. The summed E-state index contributed by atoms with van der Waals surface area (Å²) in [5.41, 5.74) is 3.77. The Morgan fingerprint density at radius 2 is 1.82 bits per heavy atom. The van der Waals surface area contributed by atoms with Crippen molar-refractivity contribution in [1.82, 2.24) is 5.32 Å². The minimum absolute atomic E-state index is 0.118. The molecule has 1 atom stereocenters. The number of carbonyl (C=O) groups excluding carboxylic acids is 1. The van der Waals surface area contributed by atoms with Crippen molar-refractivity contribution in [1.29, 1.82) is 0 Å². The van der Waals surface area contributed by atoms with E-state index in [1.807, 2.05) is 32.0 Å². The van der Waals surface area contributed by atoms with E-state index < -0.39 is 6.10 Å². The van der Waals surface area contributed by atoms with Gasteiger partial charge in [0.25, 0.3) is 5.91 Å². The number of rotatable bonds is 6. The highest BCUT2D eigenvalue weighted by molar-refractivity contribution is 5.89. The quantitative estimate of drug-likeness (QED) is 0.568. The molecule has 1 fully saturated rings. The SMILES string of the molecule is Cc1cc(OC(C)C(=O)NC2CC[NH+](Cc3ccccc3)CC2)c2c(C)c(C)c(=O)oc2c1. The number of hydrogen-bond acceptors (Lipinski definition) is 4. The molecule has 0 aliphatic carbocycles. The van der Waals surface area contributed by atoms with Crippen molar-refractivity contribution in [2.24, 2.45) is 0 Å². The van der Waals surface area contributed by atoms with Crippen molar-refractivity contribution in [3.8, 4) is 5.75 Å². The molecule has 2 aromatic carbocycles. The molecule has 1 amide bonds. The number of likely N-dealkylation sites (tertiary alicyclic amines) is 1. The lowest BCUT2D eigenvalue weighted by molar-refractivity contribution is -0.918. The molecule has 0 radical (unpaired) electrons. The largest absolute Gasteiger partial charge is 0.480 e. The third kappa shape index (κ3) is 5.28. The molecule has 2 heterocycles. The summed E-state index contributed by atoms with van der Waals surface area (Å²) in [4.78, 5) is 26.5. The van der Waals surface area contributed by atoms with Crippen molar-refractivity contribution in [2.45, 2.75) is 59.2 Å². The van der Waals surface area contributed by atoms with Crippen LogP contribution in [0.4, 0.5) is 0 Å². The maximum absolute atomic E-state index is 12.9. The molecule has 1 aliphatic heterocycles. The van der Waals surface area contributed by atoms with Crippen molar-refractivity contribution in [3.05, 3.63) is 75.1 Å². The fraction of sp³-hybridized carbons (Fsp3) is 0.407. The Bertz CT molecular complexity index is 1190. The monoisotopic (exact) mass is 449 g/mol. The number of ether oxygens (including phenoxy) is 1. The van der Waals surface area contributed by atoms with Gasteiger partial charge in [-0.05, 0) is 51.0 Å². The zero-order valence-electron chi connectivity index (χ0n) is 19.9. The van der Waals surface area contributed by atoms with Crippen molar-refractivity contribution in [2.75, 3.05) is 13.1 Å². The number of quaternary nitrogens is 1. The van der Waals surface area contributed by atoms with Crippen LogP contribution >= 0.6 is 0 Å². The van der Waals surface area contributed by atoms with E-state index in [0.717, 1.165) is 49.0 Å². The Morgan fingerprint density at radius 3 is 2.52 bits per heavy atom. The van der Waals surface area contributed by atoms with E-state index in [9.17, 15) is 9.59 Å². The van der Waals surface area contributed by atoms with Crippen LogP contribution in [-0.4, -0.2) is 31.1 Å². The molecule has 2 N–H and O–H groups in total. The number of carbonyl (C=O) groups is 1. The van der Waals surface area contributed by atoms with Gasteiger partial charge >= 0.3 is 5.63 Å². The first-order valence-corrected chi connectivity index (χ1v) is 11.7. The number of nitrogens with one attached hydrogen (secondary N) is 2. The van der Waals surface area contributed by atoms with Gasteiger partial charge in [-0.1, -0.05) is 30.3 Å². The van der Waals surface area contributed by atoms with Crippen LogP contribution in [0.3, 0.4) is 0 Å². The van der Waals surface area contributed by atoms with Gasteiger partial charge in [0.05, 0.1) is 18.5 Å². The molecular formula is C27H33N2O4+. The first-order valence-electron chi connectivity index (χ1n) is 11.7. The number of hydrogen-bond donors (Lipinski definition) is 2. The van der Waals surface area contributed by atoms with Gasteiger partial charge in [-0.15, -0.1) is 0 Å². The Kier molecular flexibility index (Phi) is 6.84. The third-order valence-electron chi connectivity index (χ3n) is 6.67. The molecule has 0 saturated carbocycles. The summed E-state index contributed by atoms with van der Waals surface area (Å²) in [6.07, 6.45) is 1.26. The van der Waals surface area contributed by atoms with Gasteiger partial charge in [0.2, 0.25) is 0 Å². The van der Waals surface area contributed by atoms with E-state index in [2.05, 4.69) is 29.6 Å². The van der Waals surface area contributed by atoms with E-state index >= 15 is 0 Å². The molecule has 174 valence electrons. The van der Waals surface area contributed by atoms with Crippen LogP contribution in [-0.2, 0) is 11.3 Å². The first-order chi connectivity index (χ1) is 15.8. The summed E-state index contributed by atoms with van der Waals surface area (Å²) in [5, 5.41) is 3.92. The smallest absolute Gasteiger partial charge is 0.339 e. The summed E-state index contributed by atoms with van der Waals surface area (Å²) in [5.74, 6) is 0.451. The Balaban J connectivity index is 1.38. The highest BCUT2D eigenvalue weighted by atomic mass is 16.5. The van der Waals surface area contributed by atoms with Gasteiger partial charge in [0.15, 0.2) is 6.10 Å². The number of aryl methyl sites for hydroxylation is 2. The second-order valence-corrected chi connectivity index (χ2v) is 9.23. The summed E-state index contributed by atoms with van der Waals surface area (Å²) < 4.78 is 11.6. The second kappa shape index (κ2) is 9.79. The Morgan fingerprint density at radius 1 is 1.12 bits per heavy atom. The van der Waals surface area contributed by atoms with Gasteiger partial charge in [-0.25, -0.2) is 4.79 Å². The van der Waals surface area contributed by atoms with Gasteiger partial charge < -0.3 is 19.4 Å². The lowest BCUT2D eigenvalue weighted by Crippen LogP contribution is -3.12. The molecule has 1 aliphatic rings. The Hall–Kier alpha value is -3.12. The van der Waals surface area contributed by atoms with Crippen LogP contribution in [0.2, 0.25) is 0 Å².